The number of hydrogen-bond acceptors (Lipinski definition) is 3. The molecule has 18 heavy (non-hydrogen) atoms. The summed E-state index contributed by atoms with van der Waals surface area (Å²) in [6.07, 6.45) is 2.26. The van der Waals surface area contributed by atoms with Gasteiger partial charge in [0.2, 0.25) is 0 Å². The molecule has 1 amide bonds. The summed E-state index contributed by atoms with van der Waals surface area (Å²) in [5, 5.41) is 5.35. The Kier molecular flexibility index (Phi) is 5.77. The third-order valence-electron chi connectivity index (χ3n) is 2.40. The van der Waals surface area contributed by atoms with E-state index in [0.29, 0.717) is 18.7 Å². The van der Waals surface area contributed by atoms with Gasteiger partial charge in [0.1, 0.15) is 5.82 Å². The monoisotopic (exact) mass is 272 g/mol. The Labute approximate surface area is 108 Å². The topological polar surface area (TPSA) is 58.2 Å². The molecule has 1 aromatic carbocycles. The average molecular weight is 272 g/mol. The molecule has 2 N–H and O–H groups in total. The summed E-state index contributed by atoms with van der Waals surface area (Å²) in [4.78, 5) is 11.8. The van der Waals surface area contributed by atoms with Crippen molar-refractivity contribution in [3.8, 4) is 0 Å². The molecule has 0 aromatic heterocycles. The lowest BCUT2D eigenvalue weighted by Gasteiger charge is -2.10. The molecule has 0 aliphatic carbocycles. The quantitative estimate of drug-likeness (QED) is 0.769. The van der Waals surface area contributed by atoms with Gasteiger partial charge in [0.05, 0.1) is 11.3 Å². The maximum Gasteiger partial charge on any atom is 0.253 e. The van der Waals surface area contributed by atoms with Gasteiger partial charge >= 0.3 is 0 Å². The number of anilines is 1. The van der Waals surface area contributed by atoms with Gasteiger partial charge in [-0.2, -0.15) is 0 Å². The molecule has 0 saturated heterocycles. The Balaban J connectivity index is 2.61. The standard InChI is InChI=1S/C12H17FN2O2S/c1-14-11-9(5-3-6-10(11)13)12(16)15-7-4-8-18(2)17/h3,5-6,14H,4,7-8H2,1-2H3,(H,15,16). The molecule has 0 bridgehead atoms. The lowest BCUT2D eigenvalue weighted by Crippen LogP contribution is -2.26. The van der Waals surface area contributed by atoms with E-state index >= 15 is 0 Å². The van der Waals surface area contributed by atoms with E-state index in [-0.39, 0.29) is 17.2 Å². The molecular formula is C12H17FN2O2S. The van der Waals surface area contributed by atoms with Gasteiger partial charge in [-0.15, -0.1) is 0 Å². The summed E-state index contributed by atoms with van der Waals surface area (Å²) in [6.45, 7) is 0.429. The highest BCUT2D eigenvalue weighted by atomic mass is 32.2. The molecule has 0 radical (unpaired) electrons. The van der Waals surface area contributed by atoms with E-state index in [1.807, 2.05) is 0 Å². The van der Waals surface area contributed by atoms with Crippen LogP contribution in [0.3, 0.4) is 0 Å². The van der Waals surface area contributed by atoms with Crippen molar-refractivity contribution in [2.75, 3.05) is 30.9 Å². The number of hydrogen-bond donors (Lipinski definition) is 2. The fraction of sp³-hybridized carbons (Fsp3) is 0.417. The first-order chi connectivity index (χ1) is 8.56. The summed E-state index contributed by atoms with van der Waals surface area (Å²) in [5.74, 6) is -0.247. The van der Waals surface area contributed by atoms with Crippen molar-refractivity contribution in [1.29, 1.82) is 0 Å². The maximum absolute atomic E-state index is 13.4. The second-order valence-electron chi connectivity index (χ2n) is 3.80. The van der Waals surface area contributed by atoms with Gasteiger partial charge in [0.25, 0.3) is 5.91 Å². The Morgan fingerprint density at radius 3 is 2.78 bits per heavy atom. The van der Waals surface area contributed by atoms with Crippen LogP contribution in [0.15, 0.2) is 18.2 Å². The molecule has 1 unspecified atom stereocenters. The zero-order valence-corrected chi connectivity index (χ0v) is 11.3. The number of amides is 1. The van der Waals surface area contributed by atoms with E-state index in [1.165, 1.54) is 12.1 Å². The van der Waals surface area contributed by atoms with Crippen molar-refractivity contribution in [2.24, 2.45) is 0 Å². The number of rotatable bonds is 6. The normalized spacial score (nSPS) is 11.9. The summed E-state index contributed by atoms with van der Waals surface area (Å²) >= 11 is 0. The molecule has 0 aliphatic heterocycles. The molecule has 0 heterocycles. The van der Waals surface area contributed by atoms with Gasteiger partial charge in [0, 0.05) is 36.4 Å². The van der Waals surface area contributed by atoms with Crippen molar-refractivity contribution < 1.29 is 13.4 Å². The Hall–Kier alpha value is -1.43. The number of para-hydroxylation sites is 1. The minimum atomic E-state index is -0.858. The SMILES string of the molecule is CNc1c(F)cccc1C(=O)NCCCS(C)=O. The van der Waals surface area contributed by atoms with Crippen molar-refractivity contribution in [2.45, 2.75) is 6.42 Å². The van der Waals surface area contributed by atoms with Crippen molar-refractivity contribution in [1.82, 2.24) is 5.32 Å². The lowest BCUT2D eigenvalue weighted by molar-refractivity contribution is 0.0954. The highest BCUT2D eigenvalue weighted by Crippen LogP contribution is 2.18. The molecule has 100 valence electrons. The zero-order valence-electron chi connectivity index (χ0n) is 10.5. The van der Waals surface area contributed by atoms with Crippen LogP contribution in [0.4, 0.5) is 10.1 Å². The Morgan fingerprint density at radius 2 is 2.17 bits per heavy atom. The van der Waals surface area contributed by atoms with Gasteiger partial charge in [-0.3, -0.25) is 9.00 Å². The third kappa shape index (κ3) is 4.10. The summed E-state index contributed by atoms with van der Waals surface area (Å²) in [7, 11) is 0.707. The Bertz CT molecular complexity index is 452. The molecule has 1 rings (SSSR count). The molecule has 6 heteroatoms. The molecule has 0 fully saturated rings. The van der Waals surface area contributed by atoms with Crippen LogP contribution in [0.1, 0.15) is 16.8 Å². The van der Waals surface area contributed by atoms with E-state index in [2.05, 4.69) is 10.6 Å². The predicted molar refractivity (Wildman–Crippen MR) is 71.8 cm³/mol. The summed E-state index contributed by atoms with van der Waals surface area (Å²) < 4.78 is 24.3. The van der Waals surface area contributed by atoms with Crippen LogP contribution in [0, 0.1) is 5.82 Å². The molecule has 0 aliphatic rings. The lowest BCUT2D eigenvalue weighted by atomic mass is 10.1. The predicted octanol–water partition coefficient (Wildman–Crippen LogP) is 1.37. The van der Waals surface area contributed by atoms with Gasteiger partial charge in [0.15, 0.2) is 0 Å². The number of halogens is 1. The Morgan fingerprint density at radius 1 is 1.44 bits per heavy atom. The van der Waals surface area contributed by atoms with Gasteiger partial charge in [-0.25, -0.2) is 4.39 Å². The second kappa shape index (κ2) is 7.10. The summed E-state index contributed by atoms with van der Waals surface area (Å²) in [5.41, 5.74) is 0.462. The molecule has 0 saturated carbocycles. The smallest absolute Gasteiger partial charge is 0.253 e. The molecule has 1 aromatic rings. The zero-order chi connectivity index (χ0) is 13.5. The van der Waals surface area contributed by atoms with E-state index in [9.17, 15) is 13.4 Å². The number of carbonyl (C=O) groups excluding carboxylic acids is 1. The van der Waals surface area contributed by atoms with Crippen LogP contribution in [0.5, 0.6) is 0 Å². The van der Waals surface area contributed by atoms with Crippen molar-refractivity contribution >= 4 is 22.4 Å². The fourth-order valence-electron chi connectivity index (χ4n) is 1.54. The molecule has 4 nitrogen and oxygen atoms in total. The van der Waals surface area contributed by atoms with Crippen LogP contribution in [0.2, 0.25) is 0 Å². The highest BCUT2D eigenvalue weighted by molar-refractivity contribution is 7.84. The van der Waals surface area contributed by atoms with Crippen molar-refractivity contribution in [3.63, 3.8) is 0 Å². The highest BCUT2D eigenvalue weighted by Gasteiger charge is 2.13. The maximum atomic E-state index is 13.4. The average Bonchev–Trinajstić information content (AvgIpc) is 2.33. The fourth-order valence-corrected chi connectivity index (χ4v) is 2.09. The summed E-state index contributed by atoms with van der Waals surface area (Å²) in [6, 6.07) is 4.34. The van der Waals surface area contributed by atoms with Crippen LogP contribution < -0.4 is 10.6 Å². The minimum Gasteiger partial charge on any atom is -0.385 e. The van der Waals surface area contributed by atoms with Gasteiger partial charge in [-0.1, -0.05) is 6.07 Å². The first-order valence-electron chi connectivity index (χ1n) is 5.60. The number of nitrogens with one attached hydrogen (secondary N) is 2. The largest absolute Gasteiger partial charge is 0.385 e. The van der Waals surface area contributed by atoms with E-state index < -0.39 is 16.6 Å². The van der Waals surface area contributed by atoms with E-state index in [0.717, 1.165) is 0 Å². The van der Waals surface area contributed by atoms with Crippen LogP contribution >= 0.6 is 0 Å². The van der Waals surface area contributed by atoms with Gasteiger partial charge < -0.3 is 10.6 Å². The van der Waals surface area contributed by atoms with E-state index in [1.54, 1.807) is 19.4 Å². The van der Waals surface area contributed by atoms with Crippen LogP contribution in [-0.4, -0.2) is 35.7 Å². The second-order valence-corrected chi connectivity index (χ2v) is 5.35. The first-order valence-corrected chi connectivity index (χ1v) is 7.33. The van der Waals surface area contributed by atoms with Crippen molar-refractivity contribution in [3.05, 3.63) is 29.6 Å². The third-order valence-corrected chi connectivity index (χ3v) is 3.27. The molecular weight excluding hydrogens is 255 g/mol. The van der Waals surface area contributed by atoms with Crippen LogP contribution in [-0.2, 0) is 10.8 Å². The van der Waals surface area contributed by atoms with E-state index in [4.69, 9.17) is 0 Å². The van der Waals surface area contributed by atoms with Crippen LogP contribution in [0.25, 0.3) is 0 Å². The first kappa shape index (κ1) is 14.6. The van der Waals surface area contributed by atoms with Gasteiger partial charge in [-0.05, 0) is 18.6 Å². The minimum absolute atomic E-state index is 0.189. The molecule has 0 spiro atoms. The number of carbonyl (C=O) groups is 1. The molecule has 1 atom stereocenters. The number of benzene rings is 1.